The Balaban J connectivity index is 2.91. The van der Waals surface area contributed by atoms with Crippen molar-refractivity contribution in [2.75, 3.05) is 12.0 Å². The summed E-state index contributed by atoms with van der Waals surface area (Å²) >= 11 is 7.28. The largest absolute Gasteiger partial charge is 0.387 e. The molecule has 0 aliphatic heterocycles. The zero-order valence-electron chi connectivity index (χ0n) is 7.13. The van der Waals surface area contributed by atoms with E-state index < -0.39 is 6.10 Å². The van der Waals surface area contributed by atoms with Gasteiger partial charge in [-0.15, -0.1) is 0 Å². The van der Waals surface area contributed by atoms with Crippen LogP contribution in [0, 0.1) is 5.82 Å². The van der Waals surface area contributed by atoms with Gasteiger partial charge < -0.3 is 5.11 Å². The molecule has 72 valence electrons. The summed E-state index contributed by atoms with van der Waals surface area (Å²) in [6.07, 6.45) is 1.18. The van der Waals surface area contributed by atoms with Crippen LogP contribution in [0.1, 0.15) is 11.7 Å². The van der Waals surface area contributed by atoms with Crippen molar-refractivity contribution in [2.24, 2.45) is 0 Å². The molecule has 1 unspecified atom stereocenters. The first kappa shape index (κ1) is 10.8. The van der Waals surface area contributed by atoms with Gasteiger partial charge in [0.2, 0.25) is 0 Å². The summed E-state index contributed by atoms with van der Waals surface area (Å²) in [6.45, 7) is 0. The van der Waals surface area contributed by atoms with Crippen molar-refractivity contribution in [3.63, 3.8) is 0 Å². The lowest BCUT2D eigenvalue weighted by atomic mass is 10.1. The van der Waals surface area contributed by atoms with Crippen LogP contribution >= 0.6 is 23.4 Å². The van der Waals surface area contributed by atoms with Crippen molar-refractivity contribution in [1.82, 2.24) is 0 Å². The van der Waals surface area contributed by atoms with E-state index >= 15 is 0 Å². The second kappa shape index (κ2) is 4.84. The normalized spacial score (nSPS) is 12.9. The number of hydrogen-bond donors (Lipinski definition) is 1. The van der Waals surface area contributed by atoms with Gasteiger partial charge in [0, 0.05) is 16.3 Å². The average Bonchev–Trinajstić information content (AvgIpc) is 2.09. The van der Waals surface area contributed by atoms with Gasteiger partial charge in [-0.1, -0.05) is 11.6 Å². The Bertz CT molecular complexity index is 293. The summed E-state index contributed by atoms with van der Waals surface area (Å²) in [5.41, 5.74) is 0.455. The highest BCUT2D eigenvalue weighted by molar-refractivity contribution is 7.98. The maximum Gasteiger partial charge on any atom is 0.123 e. The molecule has 1 rings (SSSR count). The molecule has 0 amide bonds. The van der Waals surface area contributed by atoms with Crippen LogP contribution in [-0.4, -0.2) is 17.1 Å². The Morgan fingerprint density at radius 2 is 2.31 bits per heavy atom. The number of aliphatic hydroxyl groups is 1. The summed E-state index contributed by atoms with van der Waals surface area (Å²) in [4.78, 5) is 0. The molecule has 0 saturated heterocycles. The van der Waals surface area contributed by atoms with Gasteiger partial charge in [-0.05, 0) is 24.5 Å². The van der Waals surface area contributed by atoms with E-state index in [4.69, 9.17) is 11.6 Å². The maximum absolute atomic E-state index is 12.8. The van der Waals surface area contributed by atoms with Gasteiger partial charge in [-0.25, -0.2) is 4.39 Å². The third-order valence-electron chi connectivity index (χ3n) is 1.64. The van der Waals surface area contributed by atoms with Crippen molar-refractivity contribution >= 4 is 23.4 Å². The predicted octanol–water partition coefficient (Wildman–Crippen LogP) is 2.88. The summed E-state index contributed by atoms with van der Waals surface area (Å²) in [6, 6.07) is 4.00. The minimum absolute atomic E-state index is 0.375. The van der Waals surface area contributed by atoms with Crippen molar-refractivity contribution in [1.29, 1.82) is 0 Å². The number of halogens is 2. The Morgan fingerprint density at radius 1 is 1.62 bits per heavy atom. The summed E-state index contributed by atoms with van der Waals surface area (Å²) in [5.74, 6) is 0.142. The van der Waals surface area contributed by atoms with Crippen molar-refractivity contribution in [3.05, 3.63) is 34.6 Å². The van der Waals surface area contributed by atoms with Gasteiger partial charge in [-0.3, -0.25) is 0 Å². The molecular weight excluding hydrogens is 211 g/mol. The zero-order valence-corrected chi connectivity index (χ0v) is 8.70. The van der Waals surface area contributed by atoms with E-state index in [9.17, 15) is 9.50 Å². The lowest BCUT2D eigenvalue weighted by molar-refractivity contribution is 0.204. The second-order valence-corrected chi connectivity index (χ2v) is 3.95. The van der Waals surface area contributed by atoms with E-state index in [2.05, 4.69) is 0 Å². The van der Waals surface area contributed by atoms with E-state index in [1.54, 1.807) is 0 Å². The predicted molar refractivity (Wildman–Crippen MR) is 54.8 cm³/mol. The average molecular weight is 221 g/mol. The number of benzene rings is 1. The topological polar surface area (TPSA) is 20.2 Å². The quantitative estimate of drug-likeness (QED) is 0.846. The number of hydrogen-bond acceptors (Lipinski definition) is 2. The van der Waals surface area contributed by atoms with Gasteiger partial charge in [0.15, 0.2) is 0 Å². The lowest BCUT2D eigenvalue weighted by Crippen LogP contribution is -2.01. The minimum Gasteiger partial charge on any atom is -0.387 e. The molecule has 0 aromatic heterocycles. The molecular formula is C9H10ClFOS. The van der Waals surface area contributed by atoms with E-state index in [1.807, 2.05) is 6.26 Å². The highest BCUT2D eigenvalue weighted by Crippen LogP contribution is 2.25. The smallest absolute Gasteiger partial charge is 0.123 e. The highest BCUT2D eigenvalue weighted by Gasteiger charge is 2.11. The van der Waals surface area contributed by atoms with Gasteiger partial charge in [0.05, 0.1) is 6.10 Å². The maximum atomic E-state index is 12.8. The Hall–Kier alpha value is -0.250. The van der Waals surface area contributed by atoms with E-state index in [0.29, 0.717) is 16.3 Å². The van der Waals surface area contributed by atoms with E-state index in [-0.39, 0.29) is 5.82 Å². The zero-order chi connectivity index (χ0) is 9.84. The van der Waals surface area contributed by atoms with Crippen LogP contribution in [0.3, 0.4) is 0 Å². The van der Waals surface area contributed by atoms with Crippen LogP contribution in [0.2, 0.25) is 5.02 Å². The Kier molecular flexibility index (Phi) is 4.03. The fourth-order valence-corrected chi connectivity index (χ4v) is 1.76. The van der Waals surface area contributed by atoms with E-state index in [0.717, 1.165) is 0 Å². The van der Waals surface area contributed by atoms with Crippen molar-refractivity contribution in [2.45, 2.75) is 6.10 Å². The SMILES string of the molecule is CSCC(O)c1cc(F)ccc1Cl. The molecule has 1 N–H and O–H groups in total. The molecule has 4 heteroatoms. The first-order valence-corrected chi connectivity index (χ1v) is 5.54. The fraction of sp³-hybridized carbons (Fsp3) is 0.333. The minimum atomic E-state index is -0.696. The van der Waals surface area contributed by atoms with Crippen LogP contribution in [-0.2, 0) is 0 Å². The molecule has 0 saturated carbocycles. The van der Waals surface area contributed by atoms with Gasteiger partial charge in [0.1, 0.15) is 5.82 Å². The third-order valence-corrected chi connectivity index (χ3v) is 2.63. The molecule has 0 bridgehead atoms. The Morgan fingerprint density at radius 3 is 2.92 bits per heavy atom. The molecule has 1 atom stereocenters. The first-order chi connectivity index (χ1) is 6.15. The third kappa shape index (κ3) is 2.86. The van der Waals surface area contributed by atoms with Crippen LogP contribution in [0.4, 0.5) is 4.39 Å². The van der Waals surface area contributed by atoms with Gasteiger partial charge in [0.25, 0.3) is 0 Å². The van der Waals surface area contributed by atoms with Crippen molar-refractivity contribution in [3.8, 4) is 0 Å². The molecule has 0 aliphatic rings. The lowest BCUT2D eigenvalue weighted by Gasteiger charge is -2.10. The molecule has 0 spiro atoms. The Labute approximate surface area is 85.9 Å². The molecule has 13 heavy (non-hydrogen) atoms. The second-order valence-electron chi connectivity index (χ2n) is 2.64. The monoisotopic (exact) mass is 220 g/mol. The number of rotatable bonds is 3. The van der Waals surface area contributed by atoms with Crippen molar-refractivity contribution < 1.29 is 9.50 Å². The molecule has 0 aliphatic carbocycles. The molecule has 0 radical (unpaired) electrons. The van der Waals surface area contributed by atoms with Crippen LogP contribution in [0.5, 0.6) is 0 Å². The molecule has 0 heterocycles. The summed E-state index contributed by atoms with van der Waals surface area (Å²) < 4.78 is 12.8. The summed E-state index contributed by atoms with van der Waals surface area (Å²) in [5, 5.41) is 9.96. The molecule has 1 nitrogen and oxygen atoms in total. The number of thioether (sulfide) groups is 1. The highest BCUT2D eigenvalue weighted by atomic mass is 35.5. The standard InChI is InChI=1S/C9H10ClFOS/c1-13-5-9(12)7-4-6(11)2-3-8(7)10/h2-4,9,12H,5H2,1H3. The molecule has 1 aromatic carbocycles. The van der Waals surface area contributed by atoms with Gasteiger partial charge >= 0.3 is 0 Å². The molecule has 1 aromatic rings. The first-order valence-electron chi connectivity index (χ1n) is 3.77. The number of aliphatic hydroxyl groups excluding tert-OH is 1. The van der Waals surface area contributed by atoms with Gasteiger partial charge in [-0.2, -0.15) is 11.8 Å². The molecule has 0 fully saturated rings. The van der Waals surface area contributed by atoms with Crippen LogP contribution in [0.25, 0.3) is 0 Å². The fourth-order valence-electron chi connectivity index (χ4n) is 1.02. The van der Waals surface area contributed by atoms with E-state index in [1.165, 1.54) is 30.0 Å². The summed E-state index contributed by atoms with van der Waals surface area (Å²) in [7, 11) is 0. The van der Waals surface area contributed by atoms with Crippen LogP contribution < -0.4 is 0 Å². The van der Waals surface area contributed by atoms with Crippen LogP contribution in [0.15, 0.2) is 18.2 Å².